The van der Waals surface area contributed by atoms with Crippen molar-refractivity contribution in [2.75, 3.05) is 13.1 Å². The number of sulfonamides is 1. The molecule has 1 unspecified atom stereocenters. The number of nitrogens with one attached hydrogen (secondary N) is 1. The second-order valence-electron chi connectivity index (χ2n) is 4.96. The van der Waals surface area contributed by atoms with Gasteiger partial charge < -0.3 is 10.7 Å². The van der Waals surface area contributed by atoms with Crippen molar-refractivity contribution in [2.45, 2.75) is 23.8 Å². The summed E-state index contributed by atoms with van der Waals surface area (Å²) >= 11 is 0. The summed E-state index contributed by atoms with van der Waals surface area (Å²) in [6.45, 7) is 0.956. The van der Waals surface area contributed by atoms with Crippen molar-refractivity contribution < 1.29 is 8.42 Å². The van der Waals surface area contributed by atoms with E-state index in [1.54, 1.807) is 6.20 Å². The molecule has 19 heavy (non-hydrogen) atoms. The lowest BCUT2D eigenvalue weighted by atomic mass is 10.1. The predicted octanol–water partition coefficient (Wildman–Crippen LogP) is 1.28. The second kappa shape index (κ2) is 4.63. The van der Waals surface area contributed by atoms with E-state index in [-0.39, 0.29) is 6.04 Å². The average Bonchev–Trinajstić information content (AvgIpc) is 2.83. The molecule has 0 radical (unpaired) electrons. The molecule has 0 saturated carbocycles. The zero-order chi connectivity index (χ0) is 13.5. The minimum atomic E-state index is -3.46. The first-order chi connectivity index (χ1) is 9.09. The number of nitrogens with two attached hydrogens (primary N) is 1. The Morgan fingerprint density at radius 1 is 1.32 bits per heavy atom. The number of hydrogen-bond acceptors (Lipinski definition) is 3. The highest BCUT2D eigenvalue weighted by Gasteiger charge is 2.30. The number of benzene rings is 1. The van der Waals surface area contributed by atoms with Crippen LogP contribution in [0.1, 0.15) is 12.8 Å². The number of aromatic nitrogens is 1. The molecule has 102 valence electrons. The molecule has 1 aliphatic rings. The van der Waals surface area contributed by atoms with Crippen molar-refractivity contribution in [2.24, 2.45) is 5.73 Å². The molecule has 6 heteroatoms. The zero-order valence-corrected chi connectivity index (χ0v) is 11.4. The van der Waals surface area contributed by atoms with Gasteiger partial charge in [-0.3, -0.25) is 0 Å². The molecule has 3 rings (SSSR count). The largest absolute Gasteiger partial charge is 0.360 e. The van der Waals surface area contributed by atoms with Gasteiger partial charge >= 0.3 is 0 Å². The van der Waals surface area contributed by atoms with E-state index < -0.39 is 10.0 Å². The molecule has 1 aromatic heterocycles. The van der Waals surface area contributed by atoms with E-state index in [1.165, 1.54) is 4.31 Å². The van der Waals surface area contributed by atoms with Crippen molar-refractivity contribution in [3.05, 3.63) is 30.5 Å². The van der Waals surface area contributed by atoms with Gasteiger partial charge in [-0.25, -0.2) is 8.42 Å². The van der Waals surface area contributed by atoms with Crippen LogP contribution in [0.5, 0.6) is 0 Å². The van der Waals surface area contributed by atoms with Crippen molar-refractivity contribution in [3.8, 4) is 0 Å². The van der Waals surface area contributed by atoms with E-state index in [1.807, 2.05) is 24.3 Å². The predicted molar refractivity (Wildman–Crippen MR) is 74.3 cm³/mol. The summed E-state index contributed by atoms with van der Waals surface area (Å²) in [6.07, 6.45) is 3.28. The highest BCUT2D eigenvalue weighted by molar-refractivity contribution is 7.89. The van der Waals surface area contributed by atoms with Crippen molar-refractivity contribution in [1.82, 2.24) is 9.29 Å². The first-order valence-electron chi connectivity index (χ1n) is 6.41. The van der Waals surface area contributed by atoms with Gasteiger partial charge in [-0.05, 0) is 18.9 Å². The third-order valence-corrected chi connectivity index (χ3v) is 5.49. The van der Waals surface area contributed by atoms with Gasteiger partial charge in [0.1, 0.15) is 4.90 Å². The summed E-state index contributed by atoms with van der Waals surface area (Å²) in [7, 11) is -3.46. The molecule has 1 aromatic carbocycles. The Morgan fingerprint density at radius 3 is 2.89 bits per heavy atom. The summed E-state index contributed by atoms with van der Waals surface area (Å²) in [5, 5.41) is 0.738. The fourth-order valence-corrected chi connectivity index (χ4v) is 4.29. The molecule has 0 amide bonds. The summed E-state index contributed by atoms with van der Waals surface area (Å²) in [5.41, 5.74) is 6.71. The molecule has 0 bridgehead atoms. The lowest BCUT2D eigenvalue weighted by molar-refractivity contribution is 0.316. The fourth-order valence-electron chi connectivity index (χ4n) is 2.59. The molecule has 1 fully saturated rings. The van der Waals surface area contributed by atoms with Gasteiger partial charge in [0.15, 0.2) is 0 Å². The lowest BCUT2D eigenvalue weighted by Gasteiger charge is -2.29. The maximum Gasteiger partial charge on any atom is 0.245 e. The van der Waals surface area contributed by atoms with Gasteiger partial charge in [-0.2, -0.15) is 4.31 Å². The van der Waals surface area contributed by atoms with Crippen LogP contribution in [0.4, 0.5) is 0 Å². The van der Waals surface area contributed by atoms with Crippen molar-refractivity contribution in [1.29, 1.82) is 0 Å². The van der Waals surface area contributed by atoms with Gasteiger partial charge in [-0.1, -0.05) is 18.2 Å². The summed E-state index contributed by atoms with van der Waals surface area (Å²) in [4.78, 5) is 3.35. The lowest BCUT2D eigenvalue weighted by Crippen LogP contribution is -2.45. The average molecular weight is 279 g/mol. The molecule has 1 saturated heterocycles. The highest BCUT2D eigenvalue weighted by atomic mass is 32.2. The Kier molecular flexibility index (Phi) is 3.08. The summed E-state index contributed by atoms with van der Waals surface area (Å²) < 4.78 is 26.8. The van der Waals surface area contributed by atoms with Crippen LogP contribution in [0.3, 0.4) is 0 Å². The smallest absolute Gasteiger partial charge is 0.245 e. The third-order valence-electron chi connectivity index (χ3n) is 3.59. The molecule has 1 aliphatic heterocycles. The van der Waals surface area contributed by atoms with Crippen molar-refractivity contribution >= 4 is 20.9 Å². The molecule has 3 N–H and O–H groups in total. The SMILES string of the molecule is NC1CCCN(S(=O)(=O)c2c[nH]c3ccccc23)C1. The minimum Gasteiger partial charge on any atom is -0.360 e. The standard InChI is InChI=1S/C13H17N3O2S/c14-10-4-3-7-16(9-10)19(17,18)13-8-15-12-6-2-1-5-11(12)13/h1-2,5-6,8,10,15H,3-4,7,9,14H2. The zero-order valence-electron chi connectivity index (χ0n) is 10.5. The van der Waals surface area contributed by atoms with E-state index in [0.29, 0.717) is 18.0 Å². The number of para-hydroxylation sites is 1. The number of nitrogens with zero attached hydrogens (tertiary/aromatic N) is 1. The van der Waals surface area contributed by atoms with Gasteiger partial charge in [0.25, 0.3) is 0 Å². The first-order valence-corrected chi connectivity index (χ1v) is 7.85. The minimum absolute atomic E-state index is 0.0614. The Bertz CT molecular complexity index is 693. The van der Waals surface area contributed by atoms with Crippen LogP contribution < -0.4 is 5.73 Å². The van der Waals surface area contributed by atoms with E-state index in [9.17, 15) is 8.42 Å². The number of aromatic amines is 1. The van der Waals surface area contributed by atoms with Gasteiger partial charge in [0, 0.05) is 36.2 Å². The van der Waals surface area contributed by atoms with Gasteiger partial charge in [0.05, 0.1) is 0 Å². The van der Waals surface area contributed by atoms with E-state index in [2.05, 4.69) is 4.98 Å². The second-order valence-corrected chi connectivity index (χ2v) is 6.87. The monoisotopic (exact) mass is 279 g/mol. The van der Waals surface area contributed by atoms with Crippen LogP contribution in [-0.4, -0.2) is 36.8 Å². The van der Waals surface area contributed by atoms with Crippen LogP contribution >= 0.6 is 0 Å². The van der Waals surface area contributed by atoms with Gasteiger partial charge in [0.2, 0.25) is 10.0 Å². The van der Waals surface area contributed by atoms with Crippen LogP contribution in [0.25, 0.3) is 10.9 Å². The fraction of sp³-hybridized carbons (Fsp3) is 0.385. The molecule has 2 aromatic rings. The molecule has 5 nitrogen and oxygen atoms in total. The van der Waals surface area contributed by atoms with E-state index >= 15 is 0 Å². The first kappa shape index (κ1) is 12.7. The van der Waals surface area contributed by atoms with Crippen molar-refractivity contribution in [3.63, 3.8) is 0 Å². The third kappa shape index (κ3) is 2.16. The Hall–Kier alpha value is -1.37. The Balaban J connectivity index is 2.04. The topological polar surface area (TPSA) is 79.2 Å². The summed E-state index contributed by atoms with van der Waals surface area (Å²) in [5.74, 6) is 0. The molecule has 0 aliphatic carbocycles. The number of rotatable bonds is 2. The molecule has 2 heterocycles. The van der Waals surface area contributed by atoms with Crippen LogP contribution in [-0.2, 0) is 10.0 Å². The highest BCUT2D eigenvalue weighted by Crippen LogP contribution is 2.27. The van der Waals surface area contributed by atoms with Crippen LogP contribution in [0.2, 0.25) is 0 Å². The number of hydrogen-bond donors (Lipinski definition) is 2. The van der Waals surface area contributed by atoms with E-state index in [0.717, 1.165) is 23.7 Å². The number of piperidine rings is 1. The normalized spacial score (nSPS) is 21.8. The molecule has 0 spiro atoms. The number of H-pyrrole nitrogens is 1. The quantitative estimate of drug-likeness (QED) is 0.869. The maximum absolute atomic E-state index is 12.7. The Labute approximate surface area is 112 Å². The maximum atomic E-state index is 12.7. The molecular formula is C13H17N3O2S. The number of fused-ring (bicyclic) bond motifs is 1. The molecular weight excluding hydrogens is 262 g/mol. The van der Waals surface area contributed by atoms with Crippen LogP contribution in [0, 0.1) is 0 Å². The summed E-state index contributed by atoms with van der Waals surface area (Å²) in [6, 6.07) is 7.36. The molecule has 1 atom stereocenters. The van der Waals surface area contributed by atoms with Crippen LogP contribution in [0.15, 0.2) is 35.4 Å². The van der Waals surface area contributed by atoms with E-state index in [4.69, 9.17) is 5.73 Å². The Morgan fingerprint density at radius 2 is 2.11 bits per heavy atom. The van der Waals surface area contributed by atoms with Gasteiger partial charge in [-0.15, -0.1) is 0 Å².